The molecule has 0 aliphatic heterocycles. The normalized spacial score (nSPS) is 11.0. The van der Waals surface area contributed by atoms with Crippen molar-refractivity contribution in [2.45, 2.75) is 4.90 Å². The van der Waals surface area contributed by atoms with E-state index in [1.54, 1.807) is 0 Å². The Morgan fingerprint density at radius 3 is 2.64 bits per heavy atom. The van der Waals surface area contributed by atoms with E-state index in [0.717, 1.165) is 4.31 Å². The van der Waals surface area contributed by atoms with Crippen LogP contribution in [0.3, 0.4) is 0 Å². The van der Waals surface area contributed by atoms with Gasteiger partial charge in [0.15, 0.2) is 6.61 Å². The van der Waals surface area contributed by atoms with Crippen molar-refractivity contribution in [1.82, 2.24) is 9.62 Å². The van der Waals surface area contributed by atoms with Crippen LogP contribution in [-0.4, -0.2) is 51.8 Å². The van der Waals surface area contributed by atoms with E-state index in [2.05, 4.69) is 11.9 Å². The van der Waals surface area contributed by atoms with E-state index in [-0.39, 0.29) is 17.0 Å². The zero-order valence-corrected chi connectivity index (χ0v) is 13.2. The third kappa shape index (κ3) is 4.68. The van der Waals surface area contributed by atoms with Gasteiger partial charge in [-0.1, -0.05) is 12.1 Å². The molecule has 1 aromatic rings. The molecule has 0 bridgehead atoms. The summed E-state index contributed by atoms with van der Waals surface area (Å²) in [4.78, 5) is 23.1. The van der Waals surface area contributed by atoms with Gasteiger partial charge in [0.25, 0.3) is 5.91 Å². The van der Waals surface area contributed by atoms with Crippen molar-refractivity contribution >= 4 is 21.9 Å². The monoisotopic (exact) mass is 326 g/mol. The van der Waals surface area contributed by atoms with Crippen molar-refractivity contribution < 1.29 is 22.7 Å². The fourth-order valence-corrected chi connectivity index (χ4v) is 2.39. The van der Waals surface area contributed by atoms with Gasteiger partial charge in [0.1, 0.15) is 0 Å². The van der Waals surface area contributed by atoms with Crippen LogP contribution in [0.1, 0.15) is 10.4 Å². The SMILES string of the molecule is C=CCNC(=O)COC(=O)c1cccc(S(=O)(=O)N(C)C)c1. The fourth-order valence-electron chi connectivity index (χ4n) is 1.45. The highest BCUT2D eigenvalue weighted by Gasteiger charge is 2.19. The first kappa shape index (κ1) is 17.9. The molecule has 0 aliphatic carbocycles. The van der Waals surface area contributed by atoms with Crippen LogP contribution < -0.4 is 5.32 Å². The Morgan fingerprint density at radius 2 is 2.05 bits per heavy atom. The lowest BCUT2D eigenvalue weighted by Crippen LogP contribution is -2.28. The molecule has 0 saturated heterocycles. The zero-order chi connectivity index (χ0) is 16.8. The molecule has 1 rings (SSSR count). The zero-order valence-electron chi connectivity index (χ0n) is 12.4. The number of hydrogen-bond donors (Lipinski definition) is 1. The number of benzene rings is 1. The van der Waals surface area contributed by atoms with E-state index in [1.807, 2.05) is 0 Å². The largest absolute Gasteiger partial charge is 0.452 e. The molecule has 0 aromatic heterocycles. The quantitative estimate of drug-likeness (QED) is 0.578. The van der Waals surface area contributed by atoms with Crippen molar-refractivity contribution in [2.24, 2.45) is 0 Å². The van der Waals surface area contributed by atoms with Gasteiger partial charge in [-0.3, -0.25) is 4.79 Å². The number of carbonyl (C=O) groups excluding carboxylic acids is 2. The molecule has 0 aliphatic rings. The molecular weight excluding hydrogens is 308 g/mol. The molecule has 0 fully saturated rings. The molecule has 0 atom stereocenters. The number of nitrogens with one attached hydrogen (secondary N) is 1. The van der Waals surface area contributed by atoms with E-state index in [1.165, 1.54) is 44.4 Å². The first-order chi connectivity index (χ1) is 10.3. The number of amides is 1. The maximum atomic E-state index is 12.0. The third-order valence-corrected chi connectivity index (χ3v) is 4.44. The van der Waals surface area contributed by atoms with E-state index < -0.39 is 28.5 Å². The predicted molar refractivity (Wildman–Crippen MR) is 80.8 cm³/mol. The maximum Gasteiger partial charge on any atom is 0.338 e. The summed E-state index contributed by atoms with van der Waals surface area (Å²) in [6.45, 7) is 3.26. The van der Waals surface area contributed by atoms with Crippen LogP contribution in [-0.2, 0) is 19.6 Å². The van der Waals surface area contributed by atoms with Crippen LogP contribution in [0.25, 0.3) is 0 Å². The number of carbonyl (C=O) groups is 2. The number of hydrogen-bond acceptors (Lipinski definition) is 5. The molecule has 1 amide bonds. The topological polar surface area (TPSA) is 92.8 Å². The van der Waals surface area contributed by atoms with E-state index in [0.29, 0.717) is 0 Å². The molecule has 0 heterocycles. The lowest BCUT2D eigenvalue weighted by Gasteiger charge is -2.12. The minimum Gasteiger partial charge on any atom is -0.452 e. The van der Waals surface area contributed by atoms with Gasteiger partial charge in [-0.05, 0) is 18.2 Å². The second kappa shape index (κ2) is 7.71. The van der Waals surface area contributed by atoms with Crippen molar-refractivity contribution in [3.8, 4) is 0 Å². The highest BCUT2D eigenvalue weighted by atomic mass is 32.2. The summed E-state index contributed by atoms with van der Waals surface area (Å²) in [6.07, 6.45) is 1.50. The lowest BCUT2D eigenvalue weighted by atomic mass is 10.2. The van der Waals surface area contributed by atoms with Gasteiger partial charge < -0.3 is 10.1 Å². The number of rotatable bonds is 7. The second-order valence-corrected chi connectivity index (χ2v) is 6.64. The van der Waals surface area contributed by atoms with Gasteiger partial charge in [-0.25, -0.2) is 17.5 Å². The summed E-state index contributed by atoms with van der Waals surface area (Å²) in [5, 5.41) is 2.45. The van der Waals surface area contributed by atoms with Crippen LogP contribution in [0.4, 0.5) is 0 Å². The molecule has 0 saturated carbocycles. The summed E-state index contributed by atoms with van der Waals surface area (Å²) < 4.78 is 29.8. The Morgan fingerprint density at radius 1 is 1.36 bits per heavy atom. The summed E-state index contributed by atoms with van der Waals surface area (Å²) >= 11 is 0. The molecular formula is C14H18N2O5S. The van der Waals surface area contributed by atoms with Crippen molar-refractivity contribution in [3.05, 3.63) is 42.5 Å². The Labute approximate surface area is 129 Å². The first-order valence-corrected chi connectivity index (χ1v) is 7.80. The maximum absolute atomic E-state index is 12.0. The van der Waals surface area contributed by atoms with Crippen molar-refractivity contribution in [1.29, 1.82) is 0 Å². The molecule has 8 heteroatoms. The summed E-state index contributed by atoms with van der Waals surface area (Å²) in [5.74, 6) is -1.24. The predicted octanol–water partition coefficient (Wildman–Crippen LogP) is 0.396. The molecule has 0 unspecified atom stereocenters. The molecule has 0 spiro atoms. The number of nitrogens with zero attached hydrogens (tertiary/aromatic N) is 1. The standard InChI is InChI=1S/C14H18N2O5S/c1-4-8-15-13(17)10-21-14(18)11-6-5-7-12(9-11)22(19,20)16(2)3/h4-7,9H,1,8,10H2,2-3H3,(H,15,17). The van der Waals surface area contributed by atoms with Crippen LogP contribution in [0.2, 0.25) is 0 Å². The molecule has 1 aromatic carbocycles. The number of ether oxygens (including phenoxy) is 1. The number of sulfonamides is 1. The van der Waals surface area contributed by atoms with E-state index in [4.69, 9.17) is 4.74 Å². The van der Waals surface area contributed by atoms with Crippen LogP contribution in [0, 0.1) is 0 Å². The fraction of sp³-hybridized carbons (Fsp3) is 0.286. The van der Waals surface area contributed by atoms with Gasteiger partial charge in [0.05, 0.1) is 10.5 Å². The van der Waals surface area contributed by atoms with E-state index >= 15 is 0 Å². The van der Waals surface area contributed by atoms with Crippen LogP contribution >= 0.6 is 0 Å². The van der Waals surface area contributed by atoms with Gasteiger partial charge in [0, 0.05) is 20.6 Å². The average Bonchev–Trinajstić information content (AvgIpc) is 2.50. The Hall–Kier alpha value is -2.19. The third-order valence-electron chi connectivity index (χ3n) is 2.63. The molecule has 120 valence electrons. The van der Waals surface area contributed by atoms with Gasteiger partial charge in [-0.15, -0.1) is 6.58 Å². The smallest absolute Gasteiger partial charge is 0.338 e. The Bertz CT molecular complexity index is 668. The summed E-state index contributed by atoms with van der Waals surface area (Å²) in [6, 6.07) is 5.44. The minimum atomic E-state index is -3.64. The van der Waals surface area contributed by atoms with Crippen molar-refractivity contribution in [2.75, 3.05) is 27.2 Å². The summed E-state index contributed by atoms with van der Waals surface area (Å²) in [5.41, 5.74) is 0.0550. The van der Waals surface area contributed by atoms with Crippen molar-refractivity contribution in [3.63, 3.8) is 0 Å². The van der Waals surface area contributed by atoms with Crippen LogP contribution in [0.5, 0.6) is 0 Å². The van der Waals surface area contributed by atoms with Gasteiger partial charge in [0.2, 0.25) is 10.0 Å². The van der Waals surface area contributed by atoms with Gasteiger partial charge in [-0.2, -0.15) is 0 Å². The average molecular weight is 326 g/mol. The lowest BCUT2D eigenvalue weighted by molar-refractivity contribution is -0.124. The number of esters is 1. The molecule has 22 heavy (non-hydrogen) atoms. The highest BCUT2D eigenvalue weighted by molar-refractivity contribution is 7.89. The Kier molecular flexibility index (Phi) is 6.26. The Balaban J connectivity index is 2.79. The summed E-state index contributed by atoms with van der Waals surface area (Å²) in [7, 11) is -0.855. The highest BCUT2D eigenvalue weighted by Crippen LogP contribution is 2.15. The molecule has 0 radical (unpaired) electrons. The van der Waals surface area contributed by atoms with Crippen LogP contribution in [0.15, 0.2) is 41.8 Å². The molecule has 7 nitrogen and oxygen atoms in total. The van der Waals surface area contributed by atoms with E-state index in [9.17, 15) is 18.0 Å². The van der Waals surface area contributed by atoms with Gasteiger partial charge >= 0.3 is 5.97 Å². The molecule has 1 N–H and O–H groups in total. The second-order valence-electron chi connectivity index (χ2n) is 4.48. The minimum absolute atomic E-state index is 0.0249. The first-order valence-electron chi connectivity index (χ1n) is 6.36.